The molecule has 1 atom stereocenters. The maximum absolute atomic E-state index is 14.0. The normalized spacial score (nSPS) is 12.1. The summed E-state index contributed by atoms with van der Waals surface area (Å²) in [5, 5.41) is 12.1. The van der Waals surface area contributed by atoms with Gasteiger partial charge in [-0.15, -0.1) is 10.2 Å². The van der Waals surface area contributed by atoms with E-state index in [-0.39, 0.29) is 17.4 Å². The summed E-state index contributed by atoms with van der Waals surface area (Å²) in [6.07, 6.45) is -0.501. The zero-order chi connectivity index (χ0) is 22.4. The van der Waals surface area contributed by atoms with Crippen LogP contribution in [0.5, 0.6) is 5.75 Å². The minimum absolute atomic E-state index is 0.120. The predicted octanol–water partition coefficient (Wildman–Crippen LogP) is 5.25. The zero-order valence-corrected chi connectivity index (χ0v) is 18.9. The molecule has 0 radical (unpaired) electrons. The third-order valence-electron chi connectivity index (χ3n) is 4.46. The van der Waals surface area contributed by atoms with Crippen LogP contribution in [-0.2, 0) is 11.3 Å². The molecule has 3 rings (SSSR count). The van der Waals surface area contributed by atoms with Crippen molar-refractivity contribution >= 4 is 23.4 Å². The van der Waals surface area contributed by atoms with Crippen LogP contribution in [0.25, 0.3) is 0 Å². The molecule has 0 saturated heterocycles. The summed E-state index contributed by atoms with van der Waals surface area (Å²) in [5.41, 5.74) is 1.89. The zero-order valence-electron chi connectivity index (χ0n) is 18.1. The van der Waals surface area contributed by atoms with Gasteiger partial charge < -0.3 is 14.6 Å². The standard InChI is InChI=1S/C23H27FN4O2S/c1-15(2)13-28-22(17(4)30-20-8-6-5-7-19(20)24)26-27-23(28)31-14-21(29)25-18-11-9-16(3)10-12-18/h5-12,15,17H,13-14H2,1-4H3,(H,25,29). The lowest BCUT2D eigenvalue weighted by Crippen LogP contribution is -2.17. The largest absolute Gasteiger partial charge is 0.480 e. The van der Waals surface area contributed by atoms with Gasteiger partial charge in [-0.05, 0) is 44.0 Å². The quantitative estimate of drug-likeness (QED) is 0.458. The Hall–Kier alpha value is -2.87. The number of rotatable bonds is 9. The third kappa shape index (κ3) is 6.30. The third-order valence-corrected chi connectivity index (χ3v) is 5.43. The van der Waals surface area contributed by atoms with E-state index in [9.17, 15) is 9.18 Å². The number of anilines is 1. The van der Waals surface area contributed by atoms with E-state index >= 15 is 0 Å². The second-order valence-corrected chi connectivity index (χ2v) is 8.68. The number of benzene rings is 2. The highest BCUT2D eigenvalue weighted by Gasteiger charge is 2.21. The fourth-order valence-electron chi connectivity index (χ4n) is 2.99. The maximum Gasteiger partial charge on any atom is 0.234 e. The van der Waals surface area contributed by atoms with Gasteiger partial charge in [0.05, 0.1) is 5.75 Å². The highest BCUT2D eigenvalue weighted by atomic mass is 32.2. The van der Waals surface area contributed by atoms with E-state index in [2.05, 4.69) is 29.4 Å². The summed E-state index contributed by atoms with van der Waals surface area (Å²) in [6, 6.07) is 13.9. The van der Waals surface area contributed by atoms with Crippen LogP contribution in [0.3, 0.4) is 0 Å². The van der Waals surface area contributed by atoms with Crippen LogP contribution in [0.15, 0.2) is 53.7 Å². The number of nitrogens with one attached hydrogen (secondary N) is 1. The van der Waals surface area contributed by atoms with Gasteiger partial charge in [-0.1, -0.05) is 55.4 Å². The number of thioether (sulfide) groups is 1. The van der Waals surface area contributed by atoms with E-state index in [1.165, 1.54) is 17.8 Å². The number of nitrogens with zero attached hydrogens (tertiary/aromatic N) is 3. The number of carbonyl (C=O) groups excluding carboxylic acids is 1. The summed E-state index contributed by atoms with van der Waals surface area (Å²) in [5.74, 6) is 0.749. The van der Waals surface area contributed by atoms with E-state index in [1.54, 1.807) is 18.2 Å². The molecule has 1 amide bonds. The van der Waals surface area contributed by atoms with Crippen LogP contribution in [0.1, 0.15) is 38.3 Å². The molecule has 1 aromatic heterocycles. The molecule has 0 aliphatic heterocycles. The monoisotopic (exact) mass is 442 g/mol. The number of para-hydroxylation sites is 1. The van der Waals surface area contributed by atoms with Gasteiger partial charge in [0.2, 0.25) is 5.91 Å². The first kappa shape index (κ1) is 22.8. The van der Waals surface area contributed by atoms with Gasteiger partial charge in [0.15, 0.2) is 28.7 Å². The summed E-state index contributed by atoms with van der Waals surface area (Å²) in [7, 11) is 0. The molecule has 3 aromatic rings. The van der Waals surface area contributed by atoms with Gasteiger partial charge in [0, 0.05) is 12.2 Å². The average Bonchev–Trinajstić information content (AvgIpc) is 3.12. The van der Waals surface area contributed by atoms with Crippen molar-refractivity contribution in [3.63, 3.8) is 0 Å². The Morgan fingerprint density at radius 2 is 1.84 bits per heavy atom. The molecule has 0 saturated carbocycles. The highest BCUT2D eigenvalue weighted by Crippen LogP contribution is 2.27. The second kappa shape index (κ2) is 10.4. The van der Waals surface area contributed by atoms with Crippen molar-refractivity contribution in [2.75, 3.05) is 11.1 Å². The number of amides is 1. The van der Waals surface area contributed by atoms with Gasteiger partial charge >= 0.3 is 0 Å². The van der Waals surface area contributed by atoms with Gasteiger partial charge in [-0.3, -0.25) is 4.79 Å². The minimum Gasteiger partial charge on any atom is -0.480 e. The Balaban J connectivity index is 1.70. The fraction of sp³-hybridized carbons (Fsp3) is 0.348. The van der Waals surface area contributed by atoms with E-state index in [0.717, 1.165) is 11.3 Å². The number of aryl methyl sites for hydroxylation is 1. The Labute approximate surface area is 186 Å². The number of ether oxygens (including phenoxy) is 1. The molecule has 1 unspecified atom stereocenters. The van der Waals surface area contributed by atoms with E-state index in [0.29, 0.717) is 23.4 Å². The fourth-order valence-corrected chi connectivity index (χ4v) is 3.75. The molecule has 1 heterocycles. The van der Waals surface area contributed by atoms with Crippen LogP contribution in [0, 0.1) is 18.7 Å². The second-order valence-electron chi connectivity index (χ2n) is 7.74. The van der Waals surface area contributed by atoms with Crippen molar-refractivity contribution in [3.8, 4) is 5.75 Å². The topological polar surface area (TPSA) is 69.0 Å². The Morgan fingerprint density at radius 1 is 1.13 bits per heavy atom. The number of halogens is 1. The van der Waals surface area contributed by atoms with Crippen molar-refractivity contribution in [1.82, 2.24) is 14.8 Å². The van der Waals surface area contributed by atoms with Crippen LogP contribution in [0.2, 0.25) is 0 Å². The van der Waals surface area contributed by atoms with Crippen LogP contribution in [0.4, 0.5) is 10.1 Å². The lowest BCUT2D eigenvalue weighted by Gasteiger charge is -2.18. The molecule has 2 aromatic carbocycles. The highest BCUT2D eigenvalue weighted by molar-refractivity contribution is 7.99. The number of aromatic nitrogens is 3. The van der Waals surface area contributed by atoms with Gasteiger partial charge in [-0.25, -0.2) is 4.39 Å². The molecular weight excluding hydrogens is 415 g/mol. The molecular formula is C23H27FN4O2S. The average molecular weight is 443 g/mol. The molecule has 0 fully saturated rings. The molecule has 0 aliphatic rings. The number of hydrogen-bond donors (Lipinski definition) is 1. The van der Waals surface area contributed by atoms with Gasteiger partial charge in [0.1, 0.15) is 0 Å². The molecule has 6 nitrogen and oxygen atoms in total. The molecule has 0 aliphatic carbocycles. The molecule has 8 heteroatoms. The van der Waals surface area contributed by atoms with E-state index < -0.39 is 11.9 Å². The molecule has 1 N–H and O–H groups in total. The first-order valence-electron chi connectivity index (χ1n) is 10.2. The van der Waals surface area contributed by atoms with Gasteiger partial charge in [0.25, 0.3) is 0 Å². The smallest absolute Gasteiger partial charge is 0.234 e. The predicted molar refractivity (Wildman–Crippen MR) is 121 cm³/mol. The Morgan fingerprint density at radius 3 is 2.52 bits per heavy atom. The van der Waals surface area contributed by atoms with Gasteiger partial charge in [-0.2, -0.15) is 0 Å². The first-order chi connectivity index (χ1) is 14.8. The summed E-state index contributed by atoms with van der Waals surface area (Å²) < 4.78 is 21.7. The summed E-state index contributed by atoms with van der Waals surface area (Å²) in [6.45, 7) is 8.65. The van der Waals surface area contributed by atoms with Crippen molar-refractivity contribution < 1.29 is 13.9 Å². The lowest BCUT2D eigenvalue weighted by molar-refractivity contribution is -0.113. The Kier molecular flexibility index (Phi) is 7.68. The number of carbonyl (C=O) groups is 1. The summed E-state index contributed by atoms with van der Waals surface area (Å²) >= 11 is 1.31. The van der Waals surface area contributed by atoms with Crippen molar-refractivity contribution in [2.45, 2.75) is 45.5 Å². The molecule has 164 valence electrons. The lowest BCUT2D eigenvalue weighted by atomic mass is 10.2. The Bertz CT molecular complexity index is 1020. The van der Waals surface area contributed by atoms with Crippen LogP contribution in [-0.4, -0.2) is 26.4 Å². The van der Waals surface area contributed by atoms with E-state index in [4.69, 9.17) is 4.74 Å². The minimum atomic E-state index is -0.501. The first-order valence-corrected chi connectivity index (χ1v) is 11.2. The molecule has 0 spiro atoms. The van der Waals surface area contributed by atoms with Crippen molar-refractivity contribution in [1.29, 1.82) is 0 Å². The summed E-state index contributed by atoms with van der Waals surface area (Å²) in [4.78, 5) is 12.4. The number of hydrogen-bond acceptors (Lipinski definition) is 5. The van der Waals surface area contributed by atoms with E-state index in [1.807, 2.05) is 42.7 Å². The molecule has 31 heavy (non-hydrogen) atoms. The maximum atomic E-state index is 14.0. The SMILES string of the molecule is Cc1ccc(NC(=O)CSc2nnc(C(C)Oc3ccccc3F)n2CC(C)C)cc1. The van der Waals surface area contributed by atoms with Crippen molar-refractivity contribution in [2.24, 2.45) is 5.92 Å². The molecule has 0 bridgehead atoms. The van der Waals surface area contributed by atoms with Crippen LogP contribution < -0.4 is 10.1 Å². The van der Waals surface area contributed by atoms with Crippen LogP contribution >= 0.6 is 11.8 Å². The van der Waals surface area contributed by atoms with Crippen molar-refractivity contribution in [3.05, 3.63) is 65.7 Å².